The molecule has 1 saturated heterocycles. The molecule has 1 rings (SSSR count). The molecule has 15 heavy (non-hydrogen) atoms. The molecule has 0 unspecified atom stereocenters. The van der Waals surface area contributed by atoms with Crippen LogP contribution in [0.15, 0.2) is 0 Å². The molecule has 0 saturated carbocycles. The molecule has 0 aliphatic carbocycles. The monoisotopic (exact) mass is 213 g/mol. The van der Waals surface area contributed by atoms with E-state index in [1.807, 2.05) is 20.8 Å². The van der Waals surface area contributed by atoms with Crippen molar-refractivity contribution in [2.75, 3.05) is 13.2 Å². The van der Waals surface area contributed by atoms with E-state index < -0.39 is 0 Å². The van der Waals surface area contributed by atoms with Gasteiger partial charge in [-0.15, -0.1) is 0 Å². The summed E-state index contributed by atoms with van der Waals surface area (Å²) < 4.78 is 5.48. The zero-order chi connectivity index (χ0) is 11.6. The Balaban J connectivity index is 2.39. The molecule has 0 spiro atoms. The van der Waals surface area contributed by atoms with Crippen LogP contribution < -0.4 is 0 Å². The van der Waals surface area contributed by atoms with Crippen LogP contribution in [-0.4, -0.2) is 35.5 Å². The molecule has 0 aromatic carbocycles. The van der Waals surface area contributed by atoms with E-state index in [2.05, 4.69) is 0 Å². The number of nitrogens with zero attached hydrogens (tertiary/aromatic N) is 1. The SMILES string of the molecule is C[C@@H]1CC(=O)N(CCOC(C)(C)C)C1=O. The predicted molar refractivity (Wildman–Crippen MR) is 56.2 cm³/mol. The minimum Gasteiger partial charge on any atom is -0.374 e. The van der Waals surface area contributed by atoms with Crippen molar-refractivity contribution < 1.29 is 14.3 Å². The van der Waals surface area contributed by atoms with Gasteiger partial charge in [0, 0.05) is 12.3 Å². The maximum atomic E-state index is 11.5. The van der Waals surface area contributed by atoms with Crippen molar-refractivity contribution in [2.24, 2.45) is 5.92 Å². The van der Waals surface area contributed by atoms with Gasteiger partial charge in [0.05, 0.1) is 18.8 Å². The van der Waals surface area contributed by atoms with Gasteiger partial charge in [0.2, 0.25) is 11.8 Å². The Morgan fingerprint density at radius 2 is 2.00 bits per heavy atom. The Morgan fingerprint density at radius 3 is 2.40 bits per heavy atom. The summed E-state index contributed by atoms with van der Waals surface area (Å²) in [7, 11) is 0. The van der Waals surface area contributed by atoms with Gasteiger partial charge in [-0.25, -0.2) is 0 Å². The van der Waals surface area contributed by atoms with Gasteiger partial charge in [-0.3, -0.25) is 14.5 Å². The minimum atomic E-state index is -0.225. The zero-order valence-corrected chi connectivity index (χ0v) is 9.87. The molecule has 0 bridgehead atoms. The van der Waals surface area contributed by atoms with Crippen LogP contribution in [0.4, 0.5) is 0 Å². The average Bonchev–Trinajstić information content (AvgIpc) is 2.29. The quantitative estimate of drug-likeness (QED) is 0.662. The van der Waals surface area contributed by atoms with E-state index in [-0.39, 0.29) is 23.3 Å². The van der Waals surface area contributed by atoms with Gasteiger partial charge in [0.25, 0.3) is 0 Å². The van der Waals surface area contributed by atoms with E-state index in [1.165, 1.54) is 4.90 Å². The van der Waals surface area contributed by atoms with Gasteiger partial charge in [0.15, 0.2) is 0 Å². The highest BCUT2D eigenvalue weighted by molar-refractivity contribution is 6.03. The molecule has 1 heterocycles. The third-order valence-corrected chi connectivity index (χ3v) is 2.32. The molecule has 1 fully saturated rings. The molecular formula is C11H19NO3. The predicted octanol–water partition coefficient (Wildman–Crippen LogP) is 1.20. The third-order valence-electron chi connectivity index (χ3n) is 2.32. The Labute approximate surface area is 90.6 Å². The number of imide groups is 1. The number of hydrogen-bond acceptors (Lipinski definition) is 3. The van der Waals surface area contributed by atoms with Crippen molar-refractivity contribution in [1.29, 1.82) is 0 Å². The minimum absolute atomic E-state index is 0.0718. The first kappa shape index (κ1) is 12.2. The molecule has 0 aromatic heterocycles. The second-order valence-corrected chi connectivity index (χ2v) is 4.95. The van der Waals surface area contributed by atoms with Crippen molar-refractivity contribution in [3.63, 3.8) is 0 Å². The van der Waals surface area contributed by atoms with E-state index in [4.69, 9.17) is 4.74 Å². The summed E-state index contributed by atoms with van der Waals surface area (Å²) in [5.41, 5.74) is -0.225. The van der Waals surface area contributed by atoms with Crippen LogP contribution in [0.3, 0.4) is 0 Å². The fourth-order valence-electron chi connectivity index (χ4n) is 1.53. The molecule has 1 aliphatic heterocycles. The van der Waals surface area contributed by atoms with Crippen LogP contribution in [-0.2, 0) is 14.3 Å². The Kier molecular flexibility index (Phi) is 3.50. The Bertz CT molecular complexity index is 267. The van der Waals surface area contributed by atoms with Crippen molar-refractivity contribution in [3.8, 4) is 0 Å². The standard InChI is InChI=1S/C11H19NO3/c1-8-7-9(13)12(10(8)14)5-6-15-11(2,3)4/h8H,5-7H2,1-4H3/t8-/m1/s1. The summed E-state index contributed by atoms with van der Waals surface area (Å²) in [6, 6.07) is 0. The number of likely N-dealkylation sites (tertiary alicyclic amines) is 1. The highest BCUT2D eigenvalue weighted by Gasteiger charge is 2.35. The lowest BCUT2D eigenvalue weighted by Crippen LogP contribution is -2.35. The van der Waals surface area contributed by atoms with Gasteiger partial charge in [-0.1, -0.05) is 6.92 Å². The highest BCUT2D eigenvalue weighted by atomic mass is 16.5. The first-order valence-electron chi connectivity index (χ1n) is 5.29. The fourth-order valence-corrected chi connectivity index (χ4v) is 1.53. The fraction of sp³-hybridized carbons (Fsp3) is 0.818. The Morgan fingerprint density at radius 1 is 1.40 bits per heavy atom. The normalized spacial score (nSPS) is 22.7. The molecule has 4 nitrogen and oxygen atoms in total. The largest absolute Gasteiger partial charge is 0.374 e. The smallest absolute Gasteiger partial charge is 0.232 e. The maximum Gasteiger partial charge on any atom is 0.232 e. The molecule has 0 aromatic rings. The van der Waals surface area contributed by atoms with Crippen molar-refractivity contribution in [2.45, 2.75) is 39.7 Å². The first-order valence-corrected chi connectivity index (χ1v) is 5.29. The molecular weight excluding hydrogens is 194 g/mol. The van der Waals surface area contributed by atoms with E-state index in [0.717, 1.165) is 0 Å². The molecule has 1 aliphatic rings. The molecule has 4 heteroatoms. The van der Waals surface area contributed by atoms with Crippen molar-refractivity contribution in [1.82, 2.24) is 4.90 Å². The molecule has 2 amide bonds. The van der Waals surface area contributed by atoms with Gasteiger partial charge >= 0.3 is 0 Å². The second-order valence-electron chi connectivity index (χ2n) is 4.95. The summed E-state index contributed by atoms with van der Waals surface area (Å²) in [6.07, 6.45) is 0.342. The summed E-state index contributed by atoms with van der Waals surface area (Å²) in [5.74, 6) is -0.311. The zero-order valence-electron chi connectivity index (χ0n) is 9.87. The first-order chi connectivity index (χ1) is 6.81. The lowest BCUT2D eigenvalue weighted by molar-refractivity contribution is -0.141. The van der Waals surface area contributed by atoms with Crippen LogP contribution >= 0.6 is 0 Å². The van der Waals surface area contributed by atoms with Gasteiger partial charge in [0.1, 0.15) is 0 Å². The second kappa shape index (κ2) is 4.31. The van der Waals surface area contributed by atoms with Crippen LogP contribution in [0.5, 0.6) is 0 Å². The summed E-state index contributed by atoms with van der Waals surface area (Å²) >= 11 is 0. The van der Waals surface area contributed by atoms with E-state index in [1.54, 1.807) is 6.92 Å². The van der Waals surface area contributed by atoms with Crippen molar-refractivity contribution >= 4 is 11.8 Å². The number of hydrogen-bond donors (Lipinski definition) is 0. The van der Waals surface area contributed by atoms with Gasteiger partial charge in [-0.05, 0) is 20.8 Å². The van der Waals surface area contributed by atoms with E-state index >= 15 is 0 Å². The summed E-state index contributed by atoms with van der Waals surface area (Å²) in [6.45, 7) is 8.41. The van der Waals surface area contributed by atoms with Gasteiger partial charge < -0.3 is 4.74 Å². The number of carbonyl (C=O) groups is 2. The van der Waals surface area contributed by atoms with E-state index in [9.17, 15) is 9.59 Å². The number of amides is 2. The molecule has 0 N–H and O–H groups in total. The van der Waals surface area contributed by atoms with Crippen molar-refractivity contribution in [3.05, 3.63) is 0 Å². The molecule has 86 valence electrons. The number of carbonyl (C=O) groups excluding carboxylic acids is 2. The lowest BCUT2D eigenvalue weighted by Gasteiger charge is -2.21. The summed E-state index contributed by atoms with van der Waals surface area (Å²) in [4.78, 5) is 24.2. The Hall–Kier alpha value is -0.900. The lowest BCUT2D eigenvalue weighted by atomic mass is 10.1. The van der Waals surface area contributed by atoms with Crippen LogP contribution in [0.25, 0.3) is 0 Å². The third kappa shape index (κ3) is 3.30. The molecule has 1 atom stereocenters. The van der Waals surface area contributed by atoms with Crippen LogP contribution in [0, 0.1) is 5.92 Å². The average molecular weight is 213 g/mol. The van der Waals surface area contributed by atoms with Gasteiger partial charge in [-0.2, -0.15) is 0 Å². The number of ether oxygens (including phenoxy) is 1. The maximum absolute atomic E-state index is 11.5. The topological polar surface area (TPSA) is 46.6 Å². The number of rotatable bonds is 3. The highest BCUT2D eigenvalue weighted by Crippen LogP contribution is 2.18. The van der Waals surface area contributed by atoms with Crippen LogP contribution in [0.2, 0.25) is 0 Å². The van der Waals surface area contributed by atoms with Crippen LogP contribution in [0.1, 0.15) is 34.1 Å². The molecule has 0 radical (unpaired) electrons. The van der Waals surface area contributed by atoms with E-state index in [0.29, 0.717) is 19.6 Å². The summed E-state index contributed by atoms with van der Waals surface area (Å²) in [5, 5.41) is 0.